The summed E-state index contributed by atoms with van der Waals surface area (Å²) in [6.07, 6.45) is 0.102. The average molecular weight is 279 g/mol. The number of methoxy groups -OCH3 is 2. The van der Waals surface area contributed by atoms with E-state index in [1.54, 1.807) is 32.4 Å². The highest BCUT2D eigenvalue weighted by molar-refractivity contribution is 5.95. The van der Waals surface area contributed by atoms with E-state index in [2.05, 4.69) is 0 Å². The predicted molar refractivity (Wildman–Crippen MR) is 75.5 cm³/mol. The van der Waals surface area contributed by atoms with E-state index in [1.807, 2.05) is 18.7 Å². The summed E-state index contributed by atoms with van der Waals surface area (Å²) in [5.41, 5.74) is 0.572. The van der Waals surface area contributed by atoms with Gasteiger partial charge < -0.3 is 19.1 Å². The van der Waals surface area contributed by atoms with E-state index in [0.717, 1.165) is 0 Å². The van der Waals surface area contributed by atoms with Gasteiger partial charge in [0, 0.05) is 24.7 Å². The molecule has 5 nitrogen and oxygen atoms in total. The molecule has 1 aromatic carbocycles. The van der Waals surface area contributed by atoms with Crippen molar-refractivity contribution in [2.45, 2.75) is 26.1 Å². The van der Waals surface area contributed by atoms with E-state index in [9.17, 15) is 4.79 Å². The van der Waals surface area contributed by atoms with Crippen LogP contribution in [0, 0.1) is 0 Å². The summed E-state index contributed by atoms with van der Waals surface area (Å²) in [6.45, 7) is 5.15. The molecule has 1 aliphatic heterocycles. The maximum absolute atomic E-state index is 12.6. The monoisotopic (exact) mass is 279 g/mol. The molecule has 0 aliphatic carbocycles. The zero-order chi connectivity index (χ0) is 14.7. The summed E-state index contributed by atoms with van der Waals surface area (Å²) in [5, 5.41) is 0. The van der Waals surface area contributed by atoms with Crippen molar-refractivity contribution in [3.63, 3.8) is 0 Å². The number of carbonyl (C=O) groups excluding carboxylic acids is 1. The van der Waals surface area contributed by atoms with E-state index >= 15 is 0 Å². The minimum Gasteiger partial charge on any atom is -0.497 e. The van der Waals surface area contributed by atoms with Gasteiger partial charge >= 0.3 is 0 Å². The van der Waals surface area contributed by atoms with E-state index in [1.165, 1.54) is 0 Å². The quantitative estimate of drug-likeness (QED) is 0.848. The molecule has 0 radical (unpaired) electrons. The van der Waals surface area contributed by atoms with Crippen LogP contribution in [0.3, 0.4) is 0 Å². The highest BCUT2D eigenvalue weighted by Crippen LogP contribution is 2.24. The van der Waals surface area contributed by atoms with Crippen LogP contribution in [0.4, 0.5) is 0 Å². The van der Waals surface area contributed by atoms with Crippen LogP contribution in [0.25, 0.3) is 0 Å². The molecule has 0 aromatic heterocycles. The predicted octanol–water partition coefficient (Wildman–Crippen LogP) is 1.95. The zero-order valence-electron chi connectivity index (χ0n) is 12.4. The van der Waals surface area contributed by atoms with Crippen LogP contribution in [0.15, 0.2) is 18.2 Å². The van der Waals surface area contributed by atoms with Crippen molar-refractivity contribution in [2.75, 3.05) is 27.3 Å². The van der Waals surface area contributed by atoms with Gasteiger partial charge in [-0.2, -0.15) is 0 Å². The largest absolute Gasteiger partial charge is 0.497 e. The minimum absolute atomic E-state index is 0.0239. The lowest BCUT2D eigenvalue weighted by Gasteiger charge is -2.35. The van der Waals surface area contributed by atoms with Gasteiger partial charge in [-0.1, -0.05) is 0 Å². The Morgan fingerprint density at radius 2 is 1.60 bits per heavy atom. The summed E-state index contributed by atoms with van der Waals surface area (Å²) in [6, 6.07) is 5.21. The normalized spacial score (nSPS) is 22.5. The number of ether oxygens (including phenoxy) is 3. The van der Waals surface area contributed by atoms with Crippen LogP contribution in [0.5, 0.6) is 11.5 Å². The molecule has 110 valence electrons. The highest BCUT2D eigenvalue weighted by Gasteiger charge is 2.27. The standard InChI is InChI=1S/C15H21NO4/c1-10-8-16(9-11(2)20-10)15(17)12-5-13(18-3)7-14(6-12)19-4/h5-7,10-11H,8-9H2,1-4H3/t10-,11-/m0/s1. The van der Waals surface area contributed by atoms with Crippen molar-refractivity contribution in [2.24, 2.45) is 0 Å². The lowest BCUT2D eigenvalue weighted by molar-refractivity contribution is -0.0586. The summed E-state index contributed by atoms with van der Waals surface area (Å²) >= 11 is 0. The van der Waals surface area contributed by atoms with Crippen LogP contribution < -0.4 is 9.47 Å². The maximum Gasteiger partial charge on any atom is 0.254 e. The third-order valence-corrected chi connectivity index (χ3v) is 3.31. The fraction of sp³-hybridized carbons (Fsp3) is 0.533. The molecule has 20 heavy (non-hydrogen) atoms. The Morgan fingerprint density at radius 1 is 1.10 bits per heavy atom. The SMILES string of the molecule is COc1cc(OC)cc(C(=O)N2C[C@H](C)O[C@@H](C)C2)c1. The Hall–Kier alpha value is -1.75. The summed E-state index contributed by atoms with van der Waals surface area (Å²) in [5.74, 6) is 1.20. The third-order valence-electron chi connectivity index (χ3n) is 3.31. The van der Waals surface area contributed by atoms with E-state index in [0.29, 0.717) is 30.2 Å². The van der Waals surface area contributed by atoms with Crippen molar-refractivity contribution >= 4 is 5.91 Å². The molecule has 1 saturated heterocycles. The second-order valence-corrected chi connectivity index (χ2v) is 5.07. The number of carbonyl (C=O) groups is 1. The molecule has 1 heterocycles. The van der Waals surface area contributed by atoms with Gasteiger partial charge in [-0.15, -0.1) is 0 Å². The molecule has 0 spiro atoms. The Bertz CT molecular complexity index is 457. The van der Waals surface area contributed by atoms with E-state index in [4.69, 9.17) is 14.2 Å². The van der Waals surface area contributed by atoms with Gasteiger partial charge in [0.25, 0.3) is 5.91 Å². The van der Waals surface area contributed by atoms with Crippen molar-refractivity contribution in [1.29, 1.82) is 0 Å². The van der Waals surface area contributed by atoms with Crippen molar-refractivity contribution in [3.8, 4) is 11.5 Å². The Kier molecular flexibility index (Phi) is 4.49. The first-order valence-corrected chi connectivity index (χ1v) is 6.71. The first kappa shape index (κ1) is 14.7. The zero-order valence-corrected chi connectivity index (χ0v) is 12.4. The number of morpholine rings is 1. The van der Waals surface area contributed by atoms with Gasteiger partial charge in [0.15, 0.2) is 0 Å². The van der Waals surface area contributed by atoms with Gasteiger partial charge in [-0.05, 0) is 26.0 Å². The van der Waals surface area contributed by atoms with Crippen LogP contribution in [-0.2, 0) is 4.74 Å². The van der Waals surface area contributed by atoms with Gasteiger partial charge in [-0.3, -0.25) is 4.79 Å². The van der Waals surface area contributed by atoms with Crippen LogP contribution in [0.1, 0.15) is 24.2 Å². The number of hydrogen-bond acceptors (Lipinski definition) is 4. The van der Waals surface area contributed by atoms with Crippen LogP contribution in [0.2, 0.25) is 0 Å². The topological polar surface area (TPSA) is 48.0 Å². The molecule has 0 N–H and O–H groups in total. The van der Waals surface area contributed by atoms with Gasteiger partial charge in [-0.25, -0.2) is 0 Å². The Balaban J connectivity index is 2.23. The van der Waals surface area contributed by atoms with Crippen molar-refractivity contribution in [3.05, 3.63) is 23.8 Å². The summed E-state index contributed by atoms with van der Waals surface area (Å²) in [7, 11) is 3.14. The minimum atomic E-state index is -0.0239. The number of nitrogens with zero attached hydrogens (tertiary/aromatic N) is 1. The fourth-order valence-corrected chi connectivity index (χ4v) is 2.46. The third kappa shape index (κ3) is 3.22. The number of amides is 1. The number of rotatable bonds is 3. The molecule has 1 aromatic rings. The molecule has 0 unspecified atom stereocenters. The summed E-state index contributed by atoms with van der Waals surface area (Å²) in [4.78, 5) is 14.4. The highest BCUT2D eigenvalue weighted by atomic mass is 16.5. The van der Waals surface area contributed by atoms with Crippen molar-refractivity contribution < 1.29 is 19.0 Å². The van der Waals surface area contributed by atoms with Gasteiger partial charge in [0.1, 0.15) is 11.5 Å². The molecule has 1 fully saturated rings. The molecule has 1 aliphatic rings. The Morgan fingerprint density at radius 3 is 2.05 bits per heavy atom. The average Bonchev–Trinajstić information content (AvgIpc) is 2.44. The maximum atomic E-state index is 12.6. The molecular formula is C15H21NO4. The van der Waals surface area contributed by atoms with E-state index < -0.39 is 0 Å². The molecule has 2 atom stereocenters. The lowest BCUT2D eigenvalue weighted by Crippen LogP contribution is -2.48. The van der Waals surface area contributed by atoms with Crippen LogP contribution in [-0.4, -0.2) is 50.3 Å². The number of benzene rings is 1. The van der Waals surface area contributed by atoms with Gasteiger partial charge in [0.05, 0.1) is 26.4 Å². The number of hydrogen-bond donors (Lipinski definition) is 0. The molecular weight excluding hydrogens is 258 g/mol. The van der Waals surface area contributed by atoms with E-state index in [-0.39, 0.29) is 18.1 Å². The smallest absolute Gasteiger partial charge is 0.254 e. The second-order valence-electron chi connectivity index (χ2n) is 5.07. The lowest BCUT2D eigenvalue weighted by atomic mass is 10.1. The van der Waals surface area contributed by atoms with Gasteiger partial charge in [0.2, 0.25) is 0 Å². The first-order chi connectivity index (χ1) is 9.53. The molecule has 2 rings (SSSR count). The fourth-order valence-electron chi connectivity index (χ4n) is 2.46. The molecule has 0 bridgehead atoms. The second kappa shape index (κ2) is 6.13. The molecule has 5 heteroatoms. The van der Waals surface area contributed by atoms with Crippen molar-refractivity contribution in [1.82, 2.24) is 4.90 Å². The summed E-state index contributed by atoms with van der Waals surface area (Å²) < 4.78 is 16.1. The molecule has 1 amide bonds. The van der Waals surface area contributed by atoms with Crippen LogP contribution >= 0.6 is 0 Å². The first-order valence-electron chi connectivity index (χ1n) is 6.71. The molecule has 0 saturated carbocycles. The Labute approximate surface area is 119 Å².